The van der Waals surface area contributed by atoms with Crippen LogP contribution in [0.2, 0.25) is 5.02 Å². The number of hydrogen-bond donors (Lipinski definition) is 1. The number of para-hydroxylation sites is 1. The van der Waals surface area contributed by atoms with Crippen molar-refractivity contribution in [3.8, 4) is 5.69 Å². The quantitative estimate of drug-likeness (QED) is 0.759. The van der Waals surface area contributed by atoms with Gasteiger partial charge >= 0.3 is 0 Å². The fourth-order valence-electron chi connectivity index (χ4n) is 3.17. The van der Waals surface area contributed by atoms with Crippen LogP contribution < -0.4 is 15.8 Å². The van der Waals surface area contributed by atoms with Crippen LogP contribution in [-0.2, 0) is 4.79 Å². The van der Waals surface area contributed by atoms with Gasteiger partial charge in [-0.3, -0.25) is 9.59 Å². The lowest BCUT2D eigenvalue weighted by Gasteiger charge is -2.36. The van der Waals surface area contributed by atoms with E-state index in [1.807, 2.05) is 47.2 Å². The van der Waals surface area contributed by atoms with Gasteiger partial charge in [-0.2, -0.15) is 9.78 Å². The van der Waals surface area contributed by atoms with Gasteiger partial charge in [0.25, 0.3) is 5.56 Å². The number of benzene rings is 1. The number of rotatable bonds is 6. The normalized spacial score (nSPS) is 14.4. The molecule has 8 heteroatoms. The lowest BCUT2D eigenvalue weighted by Crippen LogP contribution is -2.49. The first-order valence-electron chi connectivity index (χ1n) is 9.12. The minimum atomic E-state index is -0.342. The van der Waals surface area contributed by atoms with Crippen molar-refractivity contribution in [3.63, 3.8) is 0 Å². The Morgan fingerprint density at radius 2 is 1.89 bits per heavy atom. The highest BCUT2D eigenvalue weighted by atomic mass is 35.5. The van der Waals surface area contributed by atoms with E-state index < -0.39 is 0 Å². The average Bonchev–Trinajstić information content (AvgIpc) is 2.71. The molecule has 1 aromatic carbocycles. The third-order valence-electron chi connectivity index (χ3n) is 4.69. The van der Waals surface area contributed by atoms with Crippen LogP contribution in [0.25, 0.3) is 5.69 Å². The van der Waals surface area contributed by atoms with Crippen LogP contribution in [-0.4, -0.2) is 60.4 Å². The van der Waals surface area contributed by atoms with Gasteiger partial charge in [0.1, 0.15) is 5.02 Å². The van der Waals surface area contributed by atoms with Crippen molar-refractivity contribution < 1.29 is 4.79 Å². The van der Waals surface area contributed by atoms with Crippen LogP contribution >= 0.6 is 11.6 Å². The SMILES string of the molecule is CNCCCC(=O)N1CCN(c2cnn(-c3ccccc3)c(=O)c2Cl)CC1. The maximum atomic E-state index is 12.6. The number of anilines is 1. The zero-order valence-corrected chi connectivity index (χ0v) is 16.2. The predicted molar refractivity (Wildman–Crippen MR) is 107 cm³/mol. The number of halogens is 1. The smallest absolute Gasteiger partial charge is 0.292 e. The zero-order chi connectivity index (χ0) is 19.2. The second kappa shape index (κ2) is 9.01. The molecule has 7 nitrogen and oxygen atoms in total. The average molecular weight is 390 g/mol. The molecule has 0 aliphatic carbocycles. The molecule has 0 radical (unpaired) electrons. The highest BCUT2D eigenvalue weighted by Crippen LogP contribution is 2.23. The summed E-state index contributed by atoms with van der Waals surface area (Å²) in [4.78, 5) is 28.7. The molecule has 1 N–H and O–H groups in total. The molecule has 0 atom stereocenters. The van der Waals surface area contributed by atoms with Gasteiger partial charge in [-0.15, -0.1) is 0 Å². The number of carbonyl (C=O) groups is 1. The van der Waals surface area contributed by atoms with E-state index in [9.17, 15) is 9.59 Å². The van der Waals surface area contributed by atoms with Gasteiger partial charge in [-0.1, -0.05) is 29.8 Å². The molecule has 1 aromatic heterocycles. The largest absolute Gasteiger partial charge is 0.365 e. The summed E-state index contributed by atoms with van der Waals surface area (Å²) in [6.07, 6.45) is 3.01. The third kappa shape index (κ3) is 4.48. The number of piperazine rings is 1. The van der Waals surface area contributed by atoms with E-state index in [1.54, 1.807) is 6.20 Å². The number of hydrogen-bond acceptors (Lipinski definition) is 5. The maximum absolute atomic E-state index is 12.6. The Labute approximate surface area is 163 Å². The standard InChI is InChI=1S/C19H24ClN5O2/c1-21-9-5-8-17(26)24-12-10-23(11-13-24)16-14-22-25(19(27)18(16)20)15-6-3-2-4-7-15/h2-4,6-7,14,21H,5,8-13H2,1H3. The Bertz CT molecular complexity index is 832. The summed E-state index contributed by atoms with van der Waals surface area (Å²) in [5, 5.41) is 7.48. The number of nitrogens with one attached hydrogen (secondary N) is 1. The van der Waals surface area contributed by atoms with E-state index in [4.69, 9.17) is 11.6 Å². The molecular weight excluding hydrogens is 366 g/mol. The molecule has 27 heavy (non-hydrogen) atoms. The summed E-state index contributed by atoms with van der Waals surface area (Å²) in [6, 6.07) is 9.19. The van der Waals surface area contributed by atoms with Crippen LogP contribution in [0.5, 0.6) is 0 Å². The predicted octanol–water partition coefficient (Wildman–Crippen LogP) is 1.53. The molecule has 144 valence electrons. The van der Waals surface area contributed by atoms with Gasteiger partial charge in [0.05, 0.1) is 17.6 Å². The van der Waals surface area contributed by atoms with Crippen LogP contribution in [0.1, 0.15) is 12.8 Å². The van der Waals surface area contributed by atoms with Crippen molar-refractivity contribution in [2.24, 2.45) is 0 Å². The van der Waals surface area contributed by atoms with Crippen LogP contribution in [0.3, 0.4) is 0 Å². The number of carbonyl (C=O) groups excluding carboxylic acids is 1. The van der Waals surface area contributed by atoms with E-state index in [0.717, 1.165) is 13.0 Å². The molecule has 1 fully saturated rings. The van der Waals surface area contributed by atoms with E-state index in [2.05, 4.69) is 10.4 Å². The van der Waals surface area contributed by atoms with Crippen LogP contribution in [0.15, 0.2) is 41.3 Å². The summed E-state index contributed by atoms with van der Waals surface area (Å²) >= 11 is 6.36. The van der Waals surface area contributed by atoms with E-state index in [0.29, 0.717) is 44.0 Å². The van der Waals surface area contributed by atoms with E-state index >= 15 is 0 Å². The molecule has 0 bridgehead atoms. The molecule has 2 aromatic rings. The van der Waals surface area contributed by atoms with E-state index in [-0.39, 0.29) is 16.5 Å². The topological polar surface area (TPSA) is 70.5 Å². The summed E-state index contributed by atoms with van der Waals surface area (Å²) in [6.45, 7) is 3.35. The van der Waals surface area contributed by atoms with Crippen molar-refractivity contribution in [3.05, 3.63) is 51.9 Å². The Morgan fingerprint density at radius 3 is 2.56 bits per heavy atom. The zero-order valence-electron chi connectivity index (χ0n) is 15.4. The summed E-state index contributed by atoms with van der Waals surface area (Å²) in [5.41, 5.74) is 0.954. The van der Waals surface area contributed by atoms with Crippen molar-refractivity contribution >= 4 is 23.2 Å². The van der Waals surface area contributed by atoms with Gasteiger partial charge in [0.2, 0.25) is 5.91 Å². The molecule has 1 aliphatic rings. The maximum Gasteiger partial charge on any atom is 0.292 e. The molecule has 0 spiro atoms. The fourth-order valence-corrected chi connectivity index (χ4v) is 3.42. The van der Waals surface area contributed by atoms with Crippen molar-refractivity contribution in [1.82, 2.24) is 20.0 Å². The van der Waals surface area contributed by atoms with Gasteiger partial charge in [-0.25, -0.2) is 0 Å². The molecule has 1 saturated heterocycles. The van der Waals surface area contributed by atoms with Gasteiger partial charge in [0.15, 0.2) is 0 Å². The minimum absolute atomic E-state index is 0.155. The first-order valence-corrected chi connectivity index (χ1v) is 9.50. The Balaban J connectivity index is 1.67. The monoisotopic (exact) mass is 389 g/mol. The first-order chi connectivity index (χ1) is 13.1. The van der Waals surface area contributed by atoms with Crippen LogP contribution in [0.4, 0.5) is 5.69 Å². The summed E-state index contributed by atoms with van der Waals surface area (Å²) in [7, 11) is 1.88. The van der Waals surface area contributed by atoms with E-state index in [1.165, 1.54) is 4.68 Å². The van der Waals surface area contributed by atoms with Crippen molar-refractivity contribution in [2.75, 3.05) is 44.7 Å². The highest BCUT2D eigenvalue weighted by Gasteiger charge is 2.23. The fraction of sp³-hybridized carbons (Fsp3) is 0.421. The molecule has 3 rings (SSSR count). The first kappa shape index (κ1) is 19.4. The lowest BCUT2D eigenvalue weighted by atomic mass is 10.2. The second-order valence-corrected chi connectivity index (χ2v) is 6.85. The molecular formula is C19H24ClN5O2. The number of nitrogens with zero attached hydrogens (tertiary/aromatic N) is 4. The molecule has 1 amide bonds. The second-order valence-electron chi connectivity index (χ2n) is 6.47. The molecule has 0 unspecified atom stereocenters. The Morgan fingerprint density at radius 1 is 1.19 bits per heavy atom. The lowest BCUT2D eigenvalue weighted by molar-refractivity contribution is -0.131. The molecule has 0 saturated carbocycles. The molecule has 2 heterocycles. The summed E-state index contributed by atoms with van der Waals surface area (Å²) < 4.78 is 1.30. The van der Waals surface area contributed by atoms with Gasteiger partial charge in [0, 0.05) is 32.6 Å². The third-order valence-corrected chi connectivity index (χ3v) is 5.05. The van der Waals surface area contributed by atoms with Gasteiger partial charge < -0.3 is 15.1 Å². The van der Waals surface area contributed by atoms with Crippen LogP contribution in [0, 0.1) is 0 Å². The highest BCUT2D eigenvalue weighted by molar-refractivity contribution is 6.33. The number of aromatic nitrogens is 2. The Kier molecular flexibility index (Phi) is 6.47. The Hall–Kier alpha value is -2.38. The van der Waals surface area contributed by atoms with Gasteiger partial charge in [-0.05, 0) is 32.1 Å². The van der Waals surface area contributed by atoms with Crippen molar-refractivity contribution in [1.29, 1.82) is 0 Å². The summed E-state index contributed by atoms with van der Waals surface area (Å²) in [5.74, 6) is 0.175. The molecule has 1 aliphatic heterocycles. The van der Waals surface area contributed by atoms with Crippen molar-refractivity contribution in [2.45, 2.75) is 12.8 Å². The minimum Gasteiger partial charge on any atom is -0.365 e. The number of amides is 1.